The topological polar surface area (TPSA) is 58.2 Å². The second-order valence-electron chi connectivity index (χ2n) is 7.05. The highest BCUT2D eigenvalue weighted by Gasteiger charge is 2.29. The molecule has 1 aliphatic rings. The lowest BCUT2D eigenvalue weighted by Gasteiger charge is -2.33. The van der Waals surface area contributed by atoms with Crippen LogP contribution in [0.25, 0.3) is 11.0 Å². The Morgan fingerprint density at radius 2 is 2.22 bits per heavy atom. The molecule has 124 valence electrons. The van der Waals surface area contributed by atoms with Crippen molar-refractivity contribution in [3.8, 4) is 0 Å². The SMILES string of the molecule is CC(C)(C)OC(=O)N1CCC[C@@H](c2nc3ccc(F)cc3[nH]2)C1. The number of amides is 1. The zero-order valence-electron chi connectivity index (χ0n) is 13.7. The van der Waals surface area contributed by atoms with E-state index in [9.17, 15) is 9.18 Å². The largest absolute Gasteiger partial charge is 0.444 e. The van der Waals surface area contributed by atoms with E-state index < -0.39 is 5.60 Å². The van der Waals surface area contributed by atoms with Gasteiger partial charge in [-0.15, -0.1) is 0 Å². The number of H-pyrrole nitrogens is 1. The number of nitrogens with one attached hydrogen (secondary N) is 1. The molecule has 1 N–H and O–H groups in total. The van der Waals surface area contributed by atoms with Gasteiger partial charge in [-0.2, -0.15) is 0 Å². The van der Waals surface area contributed by atoms with Crippen LogP contribution in [0.1, 0.15) is 45.4 Å². The van der Waals surface area contributed by atoms with Gasteiger partial charge in [0.25, 0.3) is 0 Å². The van der Waals surface area contributed by atoms with Gasteiger partial charge in [-0.1, -0.05) is 0 Å². The molecule has 0 bridgehead atoms. The van der Waals surface area contributed by atoms with Crippen LogP contribution >= 0.6 is 0 Å². The third kappa shape index (κ3) is 3.63. The summed E-state index contributed by atoms with van der Waals surface area (Å²) in [7, 11) is 0. The maximum Gasteiger partial charge on any atom is 0.410 e. The second-order valence-corrected chi connectivity index (χ2v) is 7.05. The third-order valence-corrected chi connectivity index (χ3v) is 3.92. The number of fused-ring (bicyclic) bond motifs is 1. The van der Waals surface area contributed by atoms with Crippen molar-refractivity contribution in [2.75, 3.05) is 13.1 Å². The molecule has 0 spiro atoms. The number of imidazole rings is 1. The highest BCUT2D eigenvalue weighted by molar-refractivity contribution is 5.75. The first-order valence-electron chi connectivity index (χ1n) is 7.95. The molecule has 1 aromatic heterocycles. The van der Waals surface area contributed by atoms with Crippen LogP contribution in [-0.2, 0) is 4.74 Å². The summed E-state index contributed by atoms with van der Waals surface area (Å²) in [4.78, 5) is 21.7. The molecule has 0 aliphatic carbocycles. The van der Waals surface area contributed by atoms with Gasteiger partial charge in [0.2, 0.25) is 0 Å². The zero-order valence-corrected chi connectivity index (χ0v) is 13.7. The van der Waals surface area contributed by atoms with Gasteiger partial charge in [0.15, 0.2) is 0 Å². The van der Waals surface area contributed by atoms with Crippen molar-refractivity contribution < 1.29 is 13.9 Å². The fourth-order valence-corrected chi connectivity index (χ4v) is 2.89. The first kappa shape index (κ1) is 15.8. The minimum atomic E-state index is -0.499. The van der Waals surface area contributed by atoms with Crippen molar-refractivity contribution in [2.24, 2.45) is 0 Å². The van der Waals surface area contributed by atoms with E-state index in [1.165, 1.54) is 12.1 Å². The molecular weight excluding hydrogens is 297 g/mol. The molecule has 0 radical (unpaired) electrons. The molecule has 1 aromatic carbocycles. The number of aromatic amines is 1. The summed E-state index contributed by atoms with van der Waals surface area (Å²) in [6.07, 6.45) is 1.56. The van der Waals surface area contributed by atoms with Crippen LogP contribution in [0, 0.1) is 5.82 Å². The van der Waals surface area contributed by atoms with E-state index >= 15 is 0 Å². The number of hydrogen-bond acceptors (Lipinski definition) is 3. The highest BCUT2D eigenvalue weighted by Crippen LogP contribution is 2.27. The van der Waals surface area contributed by atoms with Gasteiger partial charge in [-0.3, -0.25) is 0 Å². The van der Waals surface area contributed by atoms with Gasteiger partial charge < -0.3 is 14.6 Å². The fraction of sp³-hybridized carbons (Fsp3) is 0.529. The van der Waals surface area contributed by atoms with Crippen LogP contribution in [0.3, 0.4) is 0 Å². The van der Waals surface area contributed by atoms with Gasteiger partial charge in [0.05, 0.1) is 11.0 Å². The number of carbonyl (C=O) groups excluding carboxylic acids is 1. The Morgan fingerprint density at radius 1 is 1.43 bits per heavy atom. The molecule has 3 rings (SSSR count). The molecule has 0 saturated carbocycles. The number of likely N-dealkylation sites (tertiary alicyclic amines) is 1. The molecule has 5 nitrogen and oxygen atoms in total. The lowest BCUT2D eigenvalue weighted by Crippen LogP contribution is -2.42. The van der Waals surface area contributed by atoms with Gasteiger partial charge in [0, 0.05) is 19.0 Å². The summed E-state index contributed by atoms with van der Waals surface area (Å²) in [6.45, 7) is 6.85. The molecular formula is C17H22FN3O2. The Bertz CT molecular complexity index is 720. The predicted octanol–water partition coefficient (Wildman–Crippen LogP) is 3.82. The minimum Gasteiger partial charge on any atom is -0.444 e. The van der Waals surface area contributed by atoms with E-state index in [4.69, 9.17) is 4.74 Å². The molecule has 1 aliphatic heterocycles. The van der Waals surface area contributed by atoms with E-state index in [0.717, 1.165) is 24.2 Å². The van der Waals surface area contributed by atoms with Crippen LogP contribution in [0.2, 0.25) is 0 Å². The predicted molar refractivity (Wildman–Crippen MR) is 85.8 cm³/mol. The first-order valence-corrected chi connectivity index (χ1v) is 7.95. The average Bonchev–Trinajstić information content (AvgIpc) is 2.88. The molecule has 1 saturated heterocycles. The number of hydrogen-bond donors (Lipinski definition) is 1. The normalized spacial score (nSPS) is 19.1. The quantitative estimate of drug-likeness (QED) is 0.869. The summed E-state index contributed by atoms with van der Waals surface area (Å²) >= 11 is 0. The smallest absolute Gasteiger partial charge is 0.410 e. The lowest BCUT2D eigenvalue weighted by molar-refractivity contribution is 0.0196. The van der Waals surface area contributed by atoms with Crippen molar-refractivity contribution in [1.82, 2.24) is 14.9 Å². The number of aromatic nitrogens is 2. The van der Waals surface area contributed by atoms with E-state index in [1.807, 2.05) is 20.8 Å². The van der Waals surface area contributed by atoms with Crippen molar-refractivity contribution in [1.29, 1.82) is 0 Å². The van der Waals surface area contributed by atoms with Crippen molar-refractivity contribution >= 4 is 17.1 Å². The number of halogens is 1. The van der Waals surface area contributed by atoms with E-state index in [2.05, 4.69) is 9.97 Å². The van der Waals surface area contributed by atoms with Crippen LogP contribution in [0.5, 0.6) is 0 Å². The van der Waals surface area contributed by atoms with E-state index in [0.29, 0.717) is 18.6 Å². The number of ether oxygens (including phenoxy) is 1. The highest BCUT2D eigenvalue weighted by atomic mass is 19.1. The molecule has 6 heteroatoms. The number of rotatable bonds is 1. The number of piperidine rings is 1. The Labute approximate surface area is 134 Å². The van der Waals surface area contributed by atoms with Crippen LogP contribution in [0.4, 0.5) is 9.18 Å². The van der Waals surface area contributed by atoms with Crippen molar-refractivity contribution in [3.05, 3.63) is 29.8 Å². The van der Waals surface area contributed by atoms with E-state index in [1.54, 1.807) is 11.0 Å². The molecule has 1 fully saturated rings. The van der Waals surface area contributed by atoms with Crippen LogP contribution < -0.4 is 0 Å². The number of benzene rings is 1. The number of nitrogens with zero attached hydrogens (tertiary/aromatic N) is 2. The lowest BCUT2D eigenvalue weighted by atomic mass is 9.98. The molecule has 1 amide bonds. The second kappa shape index (κ2) is 5.83. The van der Waals surface area contributed by atoms with Gasteiger partial charge in [-0.05, 0) is 51.8 Å². The average molecular weight is 319 g/mol. The third-order valence-electron chi connectivity index (χ3n) is 3.92. The molecule has 23 heavy (non-hydrogen) atoms. The maximum atomic E-state index is 13.3. The summed E-state index contributed by atoms with van der Waals surface area (Å²) in [5, 5.41) is 0. The monoisotopic (exact) mass is 319 g/mol. The summed E-state index contributed by atoms with van der Waals surface area (Å²) in [6, 6.07) is 4.51. The molecule has 0 unspecified atom stereocenters. The number of carbonyl (C=O) groups is 1. The Morgan fingerprint density at radius 3 is 2.96 bits per heavy atom. The van der Waals surface area contributed by atoms with Crippen molar-refractivity contribution in [2.45, 2.75) is 45.1 Å². The first-order chi connectivity index (χ1) is 10.8. The zero-order chi connectivity index (χ0) is 16.6. The summed E-state index contributed by atoms with van der Waals surface area (Å²) in [5.41, 5.74) is 0.936. The summed E-state index contributed by atoms with van der Waals surface area (Å²) in [5.74, 6) is 0.636. The fourth-order valence-electron chi connectivity index (χ4n) is 2.89. The molecule has 1 atom stereocenters. The standard InChI is InChI=1S/C17H22FN3O2/c1-17(2,3)23-16(22)21-8-4-5-11(10-21)15-19-13-7-6-12(18)9-14(13)20-15/h6-7,9,11H,4-5,8,10H2,1-3H3,(H,19,20)/t11-/m1/s1. The Kier molecular flexibility index (Phi) is 4.00. The summed E-state index contributed by atoms with van der Waals surface area (Å²) < 4.78 is 18.7. The Hall–Kier alpha value is -2.11. The minimum absolute atomic E-state index is 0.117. The van der Waals surface area contributed by atoms with Gasteiger partial charge in [-0.25, -0.2) is 14.2 Å². The van der Waals surface area contributed by atoms with Gasteiger partial charge >= 0.3 is 6.09 Å². The van der Waals surface area contributed by atoms with Crippen LogP contribution in [-0.4, -0.2) is 39.7 Å². The van der Waals surface area contributed by atoms with Crippen molar-refractivity contribution in [3.63, 3.8) is 0 Å². The van der Waals surface area contributed by atoms with Crippen LogP contribution in [0.15, 0.2) is 18.2 Å². The Balaban J connectivity index is 1.75. The van der Waals surface area contributed by atoms with Gasteiger partial charge in [0.1, 0.15) is 17.2 Å². The van der Waals surface area contributed by atoms with E-state index in [-0.39, 0.29) is 17.8 Å². The maximum absolute atomic E-state index is 13.3. The molecule has 2 aromatic rings. The molecule has 2 heterocycles.